The number of benzene rings is 2. The fraction of sp³-hybridized carbons (Fsp3) is 0.263. The lowest BCUT2D eigenvalue weighted by Gasteiger charge is -2.14. The molecule has 1 heterocycles. The van der Waals surface area contributed by atoms with Gasteiger partial charge in [0.25, 0.3) is 11.8 Å². The molecular weight excluding hydrogens is 338 g/mol. The third-order valence-electron chi connectivity index (χ3n) is 4.13. The molecule has 3 rings (SSSR count). The molecule has 1 fully saturated rings. The molecule has 1 saturated heterocycles. The summed E-state index contributed by atoms with van der Waals surface area (Å²) in [6.07, 6.45) is 2.22. The molecule has 1 atom stereocenters. The van der Waals surface area contributed by atoms with Crippen LogP contribution in [0.25, 0.3) is 0 Å². The maximum Gasteiger partial charge on any atom is 0.255 e. The van der Waals surface area contributed by atoms with Gasteiger partial charge in [-0.2, -0.15) is 0 Å². The largest absolute Gasteiger partial charge is 0.350 e. The van der Waals surface area contributed by atoms with Crippen LogP contribution in [0.15, 0.2) is 54.6 Å². The molecule has 0 spiro atoms. The minimum atomic E-state index is -0.228. The van der Waals surface area contributed by atoms with Gasteiger partial charge >= 0.3 is 0 Å². The van der Waals surface area contributed by atoms with Crippen LogP contribution in [-0.2, 0) is 0 Å². The van der Waals surface area contributed by atoms with E-state index < -0.39 is 0 Å². The highest BCUT2D eigenvalue weighted by atomic mass is 35.5. The van der Waals surface area contributed by atoms with Gasteiger partial charge in [0.2, 0.25) is 0 Å². The predicted molar refractivity (Wildman–Crippen MR) is 101 cm³/mol. The van der Waals surface area contributed by atoms with Crippen molar-refractivity contribution < 1.29 is 9.59 Å². The van der Waals surface area contributed by atoms with Crippen molar-refractivity contribution in [3.63, 3.8) is 0 Å². The van der Waals surface area contributed by atoms with Crippen molar-refractivity contribution in [3.05, 3.63) is 65.7 Å². The molecule has 1 aliphatic rings. The number of carbonyl (C=O) groups is 2. The van der Waals surface area contributed by atoms with Crippen LogP contribution < -0.4 is 16.0 Å². The molecule has 3 N–H and O–H groups in total. The molecule has 0 saturated carbocycles. The summed E-state index contributed by atoms with van der Waals surface area (Å²) in [4.78, 5) is 24.8. The summed E-state index contributed by atoms with van der Waals surface area (Å²) in [6, 6.07) is 16.3. The van der Waals surface area contributed by atoms with Gasteiger partial charge in [-0.1, -0.05) is 30.3 Å². The van der Waals surface area contributed by atoms with E-state index in [4.69, 9.17) is 0 Å². The number of amides is 2. The first-order valence-corrected chi connectivity index (χ1v) is 8.21. The van der Waals surface area contributed by atoms with E-state index >= 15 is 0 Å². The monoisotopic (exact) mass is 359 g/mol. The van der Waals surface area contributed by atoms with Gasteiger partial charge in [-0.25, -0.2) is 0 Å². The Bertz CT molecular complexity index is 716. The molecule has 132 valence electrons. The SMILES string of the molecule is Cl.O=C(Nc1ccccc1C(=O)NCC1CCCN1)c1ccccc1. The van der Waals surface area contributed by atoms with Crippen molar-refractivity contribution in [2.45, 2.75) is 18.9 Å². The Balaban J connectivity index is 0.00000225. The second kappa shape index (κ2) is 9.20. The van der Waals surface area contributed by atoms with E-state index in [1.54, 1.807) is 36.4 Å². The van der Waals surface area contributed by atoms with Gasteiger partial charge in [0.1, 0.15) is 0 Å². The number of para-hydroxylation sites is 1. The minimum absolute atomic E-state index is 0. The molecule has 2 aromatic carbocycles. The van der Waals surface area contributed by atoms with Crippen molar-refractivity contribution in [1.29, 1.82) is 0 Å². The van der Waals surface area contributed by atoms with Gasteiger partial charge in [-0.15, -0.1) is 12.4 Å². The second-order valence-electron chi connectivity index (χ2n) is 5.87. The van der Waals surface area contributed by atoms with Crippen LogP contribution >= 0.6 is 12.4 Å². The Morgan fingerprint density at radius 2 is 1.72 bits per heavy atom. The van der Waals surface area contributed by atoms with E-state index in [-0.39, 0.29) is 24.2 Å². The molecule has 1 aliphatic heterocycles. The van der Waals surface area contributed by atoms with Gasteiger partial charge in [-0.05, 0) is 43.7 Å². The van der Waals surface area contributed by atoms with Crippen LogP contribution in [0, 0.1) is 0 Å². The second-order valence-corrected chi connectivity index (χ2v) is 5.87. The number of halogens is 1. The maximum atomic E-state index is 12.5. The lowest BCUT2D eigenvalue weighted by atomic mass is 10.1. The first-order chi connectivity index (χ1) is 11.7. The Labute approximate surface area is 153 Å². The van der Waals surface area contributed by atoms with E-state index in [2.05, 4.69) is 16.0 Å². The fourth-order valence-corrected chi connectivity index (χ4v) is 2.82. The maximum absolute atomic E-state index is 12.5. The molecule has 1 unspecified atom stereocenters. The van der Waals surface area contributed by atoms with Crippen molar-refractivity contribution in [2.75, 3.05) is 18.4 Å². The van der Waals surface area contributed by atoms with Crippen LogP contribution in [0.2, 0.25) is 0 Å². The average Bonchev–Trinajstić information content (AvgIpc) is 3.14. The van der Waals surface area contributed by atoms with Gasteiger partial charge in [0.15, 0.2) is 0 Å². The summed E-state index contributed by atoms with van der Waals surface area (Å²) >= 11 is 0. The highest BCUT2D eigenvalue weighted by Gasteiger charge is 2.17. The smallest absolute Gasteiger partial charge is 0.255 e. The molecule has 2 aromatic rings. The lowest BCUT2D eigenvalue weighted by molar-refractivity contribution is 0.0951. The molecule has 0 bridgehead atoms. The molecule has 25 heavy (non-hydrogen) atoms. The third-order valence-corrected chi connectivity index (χ3v) is 4.13. The number of anilines is 1. The zero-order chi connectivity index (χ0) is 16.8. The van der Waals surface area contributed by atoms with Crippen molar-refractivity contribution in [3.8, 4) is 0 Å². The first kappa shape index (κ1) is 19.0. The van der Waals surface area contributed by atoms with Crippen LogP contribution in [0.5, 0.6) is 0 Å². The zero-order valence-electron chi connectivity index (χ0n) is 13.8. The van der Waals surface area contributed by atoms with E-state index in [0.717, 1.165) is 19.4 Å². The number of hydrogen-bond acceptors (Lipinski definition) is 3. The summed E-state index contributed by atoms with van der Waals surface area (Å²) in [5.41, 5.74) is 1.55. The summed E-state index contributed by atoms with van der Waals surface area (Å²) in [6.45, 7) is 1.60. The number of rotatable bonds is 5. The van der Waals surface area contributed by atoms with Crippen molar-refractivity contribution in [2.24, 2.45) is 0 Å². The van der Waals surface area contributed by atoms with E-state index in [9.17, 15) is 9.59 Å². The molecule has 5 nitrogen and oxygen atoms in total. The fourth-order valence-electron chi connectivity index (χ4n) is 2.82. The highest BCUT2D eigenvalue weighted by molar-refractivity contribution is 6.08. The van der Waals surface area contributed by atoms with Gasteiger partial charge in [-0.3, -0.25) is 9.59 Å². The zero-order valence-corrected chi connectivity index (χ0v) is 14.6. The standard InChI is InChI=1S/C19H21N3O2.ClH/c23-18(14-7-2-1-3-8-14)22-17-11-5-4-10-16(17)19(24)21-13-15-9-6-12-20-15;/h1-5,7-8,10-11,15,20H,6,9,12-13H2,(H,21,24)(H,22,23);1H. The minimum Gasteiger partial charge on any atom is -0.350 e. The van der Waals surface area contributed by atoms with Crippen LogP contribution in [-0.4, -0.2) is 30.9 Å². The van der Waals surface area contributed by atoms with Gasteiger partial charge in [0, 0.05) is 18.2 Å². The summed E-state index contributed by atoms with van der Waals surface area (Å²) < 4.78 is 0. The van der Waals surface area contributed by atoms with Gasteiger partial charge < -0.3 is 16.0 Å². The van der Waals surface area contributed by atoms with Crippen LogP contribution in [0.4, 0.5) is 5.69 Å². The van der Waals surface area contributed by atoms with E-state index in [1.807, 2.05) is 18.2 Å². The molecule has 0 aliphatic carbocycles. The normalized spacial score (nSPS) is 15.9. The summed E-state index contributed by atoms with van der Waals surface area (Å²) in [5.74, 6) is -0.402. The van der Waals surface area contributed by atoms with Crippen LogP contribution in [0.3, 0.4) is 0 Å². The molecular formula is C19H22ClN3O2. The number of nitrogens with one attached hydrogen (secondary N) is 3. The number of hydrogen-bond donors (Lipinski definition) is 3. The Morgan fingerprint density at radius 1 is 1.00 bits per heavy atom. The quantitative estimate of drug-likeness (QED) is 0.768. The highest BCUT2D eigenvalue weighted by Crippen LogP contribution is 2.16. The molecule has 2 amide bonds. The summed E-state index contributed by atoms with van der Waals surface area (Å²) in [7, 11) is 0. The molecule has 0 aromatic heterocycles. The third kappa shape index (κ3) is 5.05. The molecule has 6 heteroatoms. The first-order valence-electron chi connectivity index (χ1n) is 8.21. The topological polar surface area (TPSA) is 70.2 Å². The Kier molecular flexibility index (Phi) is 6.98. The number of carbonyl (C=O) groups excluding carboxylic acids is 2. The predicted octanol–water partition coefficient (Wildman–Crippen LogP) is 2.84. The van der Waals surface area contributed by atoms with Gasteiger partial charge in [0.05, 0.1) is 11.3 Å². The lowest BCUT2D eigenvalue weighted by Crippen LogP contribution is -2.37. The Morgan fingerprint density at radius 3 is 2.44 bits per heavy atom. The summed E-state index contributed by atoms with van der Waals surface area (Å²) in [5, 5.41) is 9.11. The van der Waals surface area contributed by atoms with E-state index in [1.165, 1.54) is 0 Å². The van der Waals surface area contributed by atoms with E-state index in [0.29, 0.717) is 29.4 Å². The van der Waals surface area contributed by atoms with Crippen molar-refractivity contribution >= 4 is 29.9 Å². The van der Waals surface area contributed by atoms with Crippen LogP contribution in [0.1, 0.15) is 33.6 Å². The molecule has 0 radical (unpaired) electrons. The Hall–Kier alpha value is -2.37. The average molecular weight is 360 g/mol. The van der Waals surface area contributed by atoms with Crippen molar-refractivity contribution in [1.82, 2.24) is 10.6 Å².